The van der Waals surface area contributed by atoms with Crippen LogP contribution in [0.15, 0.2) is 0 Å². The third kappa shape index (κ3) is 16.2. The molecule has 0 aromatic carbocycles. The fourth-order valence-electron chi connectivity index (χ4n) is 1.60. The molecule has 1 atom stereocenters. The zero-order valence-electron chi connectivity index (χ0n) is 13.5. The minimum absolute atomic E-state index is 0.149. The summed E-state index contributed by atoms with van der Waals surface area (Å²) < 4.78 is 3.25. The van der Waals surface area contributed by atoms with Gasteiger partial charge in [-0.05, 0) is 20.5 Å². The second-order valence-corrected chi connectivity index (χ2v) is 9.34. The third-order valence-electron chi connectivity index (χ3n) is 2.88. The van der Waals surface area contributed by atoms with Crippen molar-refractivity contribution < 1.29 is 9.90 Å². The molecule has 0 aliphatic carbocycles. The zero-order chi connectivity index (χ0) is 15.1. The first-order valence-electron chi connectivity index (χ1n) is 7.61. The standard InChI is InChI=1S/C7H15NO2.2C4H9.Sn/c1-4-5-6(7(9)10)8(2)3;2*1-3-4-2;/h6H,4-5H2,1-3H3,(H,9,10);2*1,3-4H2,2H3;. The normalized spacial score (nSPS) is 11.9. The van der Waals surface area contributed by atoms with Gasteiger partial charge in [-0.3, -0.25) is 9.69 Å². The van der Waals surface area contributed by atoms with Gasteiger partial charge in [-0.15, -0.1) is 0 Å². The van der Waals surface area contributed by atoms with Crippen molar-refractivity contribution >= 4 is 27.1 Å². The Hall–Kier alpha value is 0.229. The summed E-state index contributed by atoms with van der Waals surface area (Å²) in [6, 6.07) is -0.315. The van der Waals surface area contributed by atoms with Crippen molar-refractivity contribution in [2.45, 2.75) is 74.2 Å². The molecule has 1 N–H and O–H groups in total. The maximum absolute atomic E-state index is 10.5. The molecular weight excluding hydrogens is 345 g/mol. The van der Waals surface area contributed by atoms with Crippen LogP contribution in [0.5, 0.6) is 0 Å². The number of carboxylic acids is 1. The summed E-state index contributed by atoms with van der Waals surface area (Å²) in [7, 11) is 3.57. The van der Waals surface area contributed by atoms with Crippen molar-refractivity contribution in [1.82, 2.24) is 4.90 Å². The van der Waals surface area contributed by atoms with Crippen LogP contribution in [0.25, 0.3) is 0 Å². The number of likely N-dealkylation sites (N-methyl/N-ethyl adjacent to an activating group) is 1. The Morgan fingerprint density at radius 3 is 1.74 bits per heavy atom. The summed E-state index contributed by atoms with van der Waals surface area (Å²) in [5, 5.41) is 8.63. The molecule has 0 rings (SSSR count). The van der Waals surface area contributed by atoms with Gasteiger partial charge in [0.1, 0.15) is 6.04 Å². The topological polar surface area (TPSA) is 40.5 Å². The molecular formula is C15H33NO2Sn. The number of carbonyl (C=O) groups is 1. The average Bonchev–Trinajstić information content (AvgIpc) is 2.36. The summed E-state index contributed by atoms with van der Waals surface area (Å²) in [6.45, 7) is 6.57. The number of rotatable bonds is 10. The van der Waals surface area contributed by atoms with Crippen LogP contribution >= 0.6 is 0 Å². The van der Waals surface area contributed by atoms with Gasteiger partial charge in [-0.1, -0.05) is 13.3 Å². The Bertz CT molecular complexity index is 193. The summed E-state index contributed by atoms with van der Waals surface area (Å²) >= 11 is 0.149. The van der Waals surface area contributed by atoms with E-state index in [4.69, 9.17) is 5.11 Å². The number of hydrogen-bond acceptors (Lipinski definition) is 2. The molecule has 114 valence electrons. The summed E-state index contributed by atoms with van der Waals surface area (Å²) in [5.41, 5.74) is 0. The van der Waals surface area contributed by atoms with Crippen molar-refractivity contribution in [2.24, 2.45) is 0 Å². The SMILES string of the molecule is CCCC(C(=O)O)N(C)C.CCC[CH2][Sn][CH2]CCC. The van der Waals surface area contributed by atoms with Gasteiger partial charge in [-0.25, -0.2) is 0 Å². The van der Waals surface area contributed by atoms with Crippen LogP contribution in [-0.2, 0) is 4.79 Å². The van der Waals surface area contributed by atoms with E-state index >= 15 is 0 Å². The van der Waals surface area contributed by atoms with Crippen LogP contribution in [0, 0.1) is 0 Å². The Balaban J connectivity index is 0. The molecule has 4 heteroatoms. The van der Waals surface area contributed by atoms with Gasteiger partial charge in [0, 0.05) is 0 Å². The third-order valence-corrected chi connectivity index (χ3v) is 6.92. The van der Waals surface area contributed by atoms with Crippen molar-refractivity contribution in [3.05, 3.63) is 0 Å². The van der Waals surface area contributed by atoms with Crippen molar-refractivity contribution in [3.63, 3.8) is 0 Å². The van der Waals surface area contributed by atoms with E-state index in [9.17, 15) is 4.79 Å². The zero-order valence-corrected chi connectivity index (χ0v) is 16.4. The molecule has 0 saturated carbocycles. The molecule has 0 aliphatic rings. The second-order valence-electron chi connectivity index (χ2n) is 5.06. The van der Waals surface area contributed by atoms with E-state index in [0.29, 0.717) is 0 Å². The summed E-state index contributed by atoms with van der Waals surface area (Å²) in [6.07, 6.45) is 7.48. The molecule has 0 heterocycles. The Labute approximate surface area is 130 Å². The second kappa shape index (κ2) is 16.3. The van der Waals surface area contributed by atoms with Crippen molar-refractivity contribution in [1.29, 1.82) is 0 Å². The number of carboxylic acid groups (broad SMARTS) is 1. The van der Waals surface area contributed by atoms with Crippen LogP contribution in [0.2, 0.25) is 8.87 Å². The molecule has 0 aliphatic heterocycles. The van der Waals surface area contributed by atoms with Gasteiger partial charge in [0.2, 0.25) is 0 Å². The first-order valence-corrected chi connectivity index (χ1v) is 11.6. The molecule has 3 nitrogen and oxygen atoms in total. The monoisotopic (exact) mass is 379 g/mol. The summed E-state index contributed by atoms with van der Waals surface area (Å²) in [4.78, 5) is 12.2. The van der Waals surface area contributed by atoms with Gasteiger partial charge in [0.05, 0.1) is 0 Å². The van der Waals surface area contributed by atoms with Gasteiger partial charge in [0.25, 0.3) is 0 Å². The average molecular weight is 378 g/mol. The molecule has 0 saturated heterocycles. The predicted molar refractivity (Wildman–Crippen MR) is 85.2 cm³/mol. The van der Waals surface area contributed by atoms with Crippen molar-refractivity contribution in [2.75, 3.05) is 14.1 Å². The number of unbranched alkanes of at least 4 members (excludes halogenated alkanes) is 2. The fourth-order valence-corrected chi connectivity index (χ4v) is 5.76. The molecule has 19 heavy (non-hydrogen) atoms. The first-order chi connectivity index (χ1) is 9.01. The molecule has 0 aromatic rings. The Morgan fingerprint density at radius 1 is 1.05 bits per heavy atom. The van der Waals surface area contributed by atoms with Crippen LogP contribution in [0.3, 0.4) is 0 Å². The van der Waals surface area contributed by atoms with E-state index in [2.05, 4.69) is 13.8 Å². The molecule has 0 bridgehead atoms. The molecule has 0 spiro atoms. The minimum atomic E-state index is -0.730. The molecule has 0 aromatic heterocycles. The molecule has 2 radical (unpaired) electrons. The quantitative estimate of drug-likeness (QED) is 0.463. The fraction of sp³-hybridized carbons (Fsp3) is 0.933. The van der Waals surface area contributed by atoms with Gasteiger partial charge in [-0.2, -0.15) is 0 Å². The number of hydrogen-bond donors (Lipinski definition) is 1. The predicted octanol–water partition coefficient (Wildman–Crippen LogP) is 3.93. The van der Waals surface area contributed by atoms with Crippen molar-refractivity contribution in [3.8, 4) is 0 Å². The summed E-state index contributed by atoms with van der Waals surface area (Å²) in [5.74, 6) is -0.730. The van der Waals surface area contributed by atoms with E-state index in [1.54, 1.807) is 27.9 Å². The number of aliphatic carboxylic acids is 1. The van der Waals surface area contributed by atoms with E-state index in [-0.39, 0.29) is 27.2 Å². The molecule has 0 fully saturated rings. The van der Waals surface area contributed by atoms with Crippen LogP contribution in [0.4, 0.5) is 0 Å². The Morgan fingerprint density at radius 2 is 1.53 bits per heavy atom. The van der Waals surface area contributed by atoms with Gasteiger partial charge >= 0.3 is 75.5 Å². The van der Waals surface area contributed by atoms with Crippen LogP contribution in [0.1, 0.15) is 59.3 Å². The van der Waals surface area contributed by atoms with Gasteiger partial charge < -0.3 is 5.11 Å². The van der Waals surface area contributed by atoms with E-state index in [1.165, 1.54) is 25.7 Å². The molecule has 1 unspecified atom stereocenters. The maximum atomic E-state index is 10.5. The first kappa shape index (κ1) is 21.5. The van der Waals surface area contributed by atoms with Crippen LogP contribution in [-0.4, -0.2) is 57.3 Å². The van der Waals surface area contributed by atoms with Gasteiger partial charge in [0.15, 0.2) is 0 Å². The van der Waals surface area contributed by atoms with E-state index < -0.39 is 5.97 Å². The van der Waals surface area contributed by atoms with Crippen LogP contribution < -0.4 is 0 Å². The Kier molecular flexibility index (Phi) is 18.4. The molecule has 0 amide bonds. The number of nitrogens with zero attached hydrogens (tertiary/aromatic N) is 1. The van der Waals surface area contributed by atoms with E-state index in [1.807, 2.05) is 6.92 Å². The van der Waals surface area contributed by atoms with E-state index in [0.717, 1.165) is 12.8 Å².